The highest BCUT2D eigenvalue weighted by Gasteiger charge is 2.05. The van der Waals surface area contributed by atoms with E-state index in [2.05, 4.69) is 5.32 Å². The number of hydrogen-bond acceptors (Lipinski definition) is 3. The average molecular weight is 223 g/mol. The first kappa shape index (κ1) is 11.1. The van der Waals surface area contributed by atoms with Crippen LogP contribution in [0.2, 0.25) is 0 Å². The second-order valence-electron chi connectivity index (χ2n) is 3.42. The van der Waals surface area contributed by atoms with Crippen LogP contribution in [0.3, 0.4) is 0 Å². The molecule has 17 heavy (non-hydrogen) atoms. The van der Waals surface area contributed by atoms with E-state index in [0.29, 0.717) is 22.5 Å². The van der Waals surface area contributed by atoms with E-state index in [9.17, 15) is 9.59 Å². The van der Waals surface area contributed by atoms with Crippen molar-refractivity contribution in [3.05, 3.63) is 59.7 Å². The van der Waals surface area contributed by atoms with Crippen molar-refractivity contribution >= 4 is 23.9 Å². The quantitative estimate of drug-likeness (QED) is 0.865. The number of para-hydroxylation sites is 2. The van der Waals surface area contributed by atoms with Crippen molar-refractivity contribution in [1.29, 1.82) is 0 Å². The van der Waals surface area contributed by atoms with Gasteiger partial charge in [0.15, 0.2) is 0 Å². The Balaban J connectivity index is 2.37. The molecule has 0 amide bonds. The van der Waals surface area contributed by atoms with Gasteiger partial charge in [0.05, 0.1) is 0 Å². The molecule has 1 N–H and O–H groups in total. The fourth-order valence-electron chi connectivity index (χ4n) is 1.51. The highest BCUT2D eigenvalue weighted by molar-refractivity contribution is 5.90. The summed E-state index contributed by atoms with van der Waals surface area (Å²) in [4.78, 5) is 21.5. The molecule has 3 nitrogen and oxygen atoms in total. The van der Waals surface area contributed by atoms with E-state index in [0.717, 1.165) is 0 Å². The van der Waals surface area contributed by atoms with Crippen molar-refractivity contribution < 1.29 is 9.59 Å². The average Bonchev–Trinajstić information content (AvgIpc) is 2.40. The molecular weight excluding hydrogens is 214 g/mol. The molecule has 0 aromatic heterocycles. The van der Waals surface area contributed by atoms with Crippen LogP contribution < -0.4 is 5.32 Å². The van der Waals surface area contributed by atoms with Gasteiger partial charge in [0.1, 0.15) is 0 Å². The molecular formula is C14H9NO2. The van der Waals surface area contributed by atoms with E-state index in [1.165, 1.54) is 0 Å². The Labute approximate surface area is 99.1 Å². The Morgan fingerprint density at radius 1 is 0.706 bits per heavy atom. The standard InChI is InChI=1S/C14H9NO2/c16-9-11-5-1-3-7-13(11)15-14-8-4-2-6-12(14)10-17/h1-8,15H. The molecule has 2 rings (SSSR count). The number of hydrogen-bond donors (Lipinski definition) is 1. The molecule has 0 atom stereocenters. The Morgan fingerprint density at radius 2 is 1.12 bits per heavy atom. The Morgan fingerprint density at radius 3 is 1.53 bits per heavy atom. The maximum Gasteiger partial charge on any atom is 0.235 e. The van der Waals surface area contributed by atoms with Gasteiger partial charge in [-0.15, -0.1) is 0 Å². The second-order valence-corrected chi connectivity index (χ2v) is 3.42. The van der Waals surface area contributed by atoms with Gasteiger partial charge >= 0.3 is 0 Å². The Bertz CT molecular complexity index is 500. The van der Waals surface area contributed by atoms with Gasteiger partial charge in [0.25, 0.3) is 0 Å². The molecule has 0 spiro atoms. The monoisotopic (exact) mass is 223 g/mol. The minimum atomic E-state index is 0.424. The molecule has 3 heteroatoms. The summed E-state index contributed by atoms with van der Waals surface area (Å²) in [5.41, 5.74) is 2.08. The molecule has 0 aliphatic carbocycles. The molecule has 0 saturated carbocycles. The van der Waals surface area contributed by atoms with Gasteiger partial charge < -0.3 is 5.32 Å². The second kappa shape index (κ2) is 5.07. The fourth-order valence-corrected chi connectivity index (χ4v) is 1.51. The number of benzene rings is 2. The molecule has 2 aromatic carbocycles. The number of carbonyl (C=O) groups excluding carboxylic acids is 2. The minimum Gasteiger partial charge on any atom is -0.354 e. The van der Waals surface area contributed by atoms with E-state index < -0.39 is 0 Å². The fraction of sp³-hybridized carbons (Fsp3) is 0. The van der Waals surface area contributed by atoms with Gasteiger partial charge in [0, 0.05) is 22.5 Å². The van der Waals surface area contributed by atoms with Crippen molar-refractivity contribution in [2.75, 3.05) is 5.32 Å². The van der Waals surface area contributed by atoms with Crippen molar-refractivity contribution in [2.45, 2.75) is 0 Å². The van der Waals surface area contributed by atoms with Crippen molar-refractivity contribution in [3.63, 3.8) is 0 Å². The summed E-state index contributed by atoms with van der Waals surface area (Å²) in [7, 11) is 0. The first-order valence-electron chi connectivity index (χ1n) is 5.06. The molecule has 0 saturated heterocycles. The van der Waals surface area contributed by atoms with Crippen LogP contribution in [0.1, 0.15) is 11.1 Å². The molecule has 2 aromatic rings. The molecule has 0 unspecified atom stereocenters. The van der Waals surface area contributed by atoms with E-state index in [1.54, 1.807) is 48.5 Å². The van der Waals surface area contributed by atoms with Gasteiger partial charge in [-0.3, -0.25) is 9.59 Å². The predicted octanol–water partition coefficient (Wildman–Crippen LogP) is 2.35. The van der Waals surface area contributed by atoms with Crippen LogP contribution in [0.25, 0.3) is 0 Å². The molecule has 82 valence electrons. The predicted molar refractivity (Wildman–Crippen MR) is 65.8 cm³/mol. The summed E-state index contributed by atoms with van der Waals surface area (Å²) in [6, 6.07) is 13.9. The Kier molecular flexibility index (Phi) is 3.31. The number of nitrogens with one attached hydrogen (secondary N) is 1. The van der Waals surface area contributed by atoms with Crippen LogP contribution in [-0.2, 0) is 9.59 Å². The van der Waals surface area contributed by atoms with Gasteiger partial charge in [-0.05, 0) is 24.3 Å². The Hall–Kier alpha value is -2.42. The zero-order chi connectivity index (χ0) is 12.1. The van der Waals surface area contributed by atoms with E-state index >= 15 is 0 Å². The van der Waals surface area contributed by atoms with Gasteiger partial charge in [-0.25, -0.2) is 0 Å². The lowest BCUT2D eigenvalue weighted by atomic mass is 10.1. The topological polar surface area (TPSA) is 46.2 Å². The minimum absolute atomic E-state index is 0.424. The summed E-state index contributed by atoms with van der Waals surface area (Å²) >= 11 is 0. The lowest BCUT2D eigenvalue weighted by molar-refractivity contribution is 0.562. The molecule has 0 aliphatic rings. The van der Waals surface area contributed by atoms with Crippen LogP contribution in [0.5, 0.6) is 0 Å². The third-order valence-corrected chi connectivity index (χ3v) is 2.34. The molecule has 0 bridgehead atoms. The summed E-state index contributed by atoms with van der Waals surface area (Å²) in [5.74, 6) is 0. The van der Waals surface area contributed by atoms with Crippen molar-refractivity contribution in [3.8, 4) is 0 Å². The first-order chi connectivity index (χ1) is 8.35. The molecule has 0 aliphatic heterocycles. The maximum absolute atomic E-state index is 10.7. The van der Waals surface area contributed by atoms with Crippen molar-refractivity contribution in [1.82, 2.24) is 0 Å². The van der Waals surface area contributed by atoms with Crippen LogP contribution in [0.4, 0.5) is 11.4 Å². The number of anilines is 2. The maximum atomic E-state index is 10.7. The van der Waals surface area contributed by atoms with Crippen molar-refractivity contribution in [2.24, 2.45) is 0 Å². The lowest BCUT2D eigenvalue weighted by Crippen LogP contribution is -1.98. The highest BCUT2D eigenvalue weighted by Crippen LogP contribution is 2.21. The van der Waals surface area contributed by atoms with E-state index in [1.807, 2.05) is 12.6 Å². The zero-order valence-corrected chi connectivity index (χ0v) is 8.94. The largest absolute Gasteiger partial charge is 0.354 e. The summed E-state index contributed by atoms with van der Waals surface area (Å²) in [6.45, 7) is 0. The third kappa shape index (κ3) is 2.39. The first-order valence-corrected chi connectivity index (χ1v) is 5.06. The van der Waals surface area contributed by atoms with Crippen LogP contribution in [-0.4, -0.2) is 12.6 Å². The van der Waals surface area contributed by atoms with Gasteiger partial charge in [-0.2, -0.15) is 0 Å². The zero-order valence-electron chi connectivity index (χ0n) is 8.94. The normalized spacial score (nSPS) is 9.65. The number of rotatable bonds is 4. The van der Waals surface area contributed by atoms with Crippen LogP contribution in [0.15, 0.2) is 48.5 Å². The molecule has 2 radical (unpaired) electrons. The molecule has 0 heterocycles. The highest BCUT2D eigenvalue weighted by atomic mass is 16.1. The van der Waals surface area contributed by atoms with Crippen LogP contribution in [0, 0.1) is 0 Å². The SMILES string of the molecule is O=[C]c1ccccc1Nc1ccccc1[C]=O. The van der Waals surface area contributed by atoms with E-state index in [4.69, 9.17) is 0 Å². The summed E-state index contributed by atoms with van der Waals surface area (Å²) in [5, 5.41) is 3.02. The van der Waals surface area contributed by atoms with Crippen LogP contribution >= 0.6 is 0 Å². The summed E-state index contributed by atoms with van der Waals surface area (Å²) < 4.78 is 0. The summed E-state index contributed by atoms with van der Waals surface area (Å²) in [6.07, 6.45) is 3.68. The lowest BCUT2D eigenvalue weighted by Gasteiger charge is -2.09. The third-order valence-electron chi connectivity index (χ3n) is 2.34. The smallest absolute Gasteiger partial charge is 0.235 e. The van der Waals surface area contributed by atoms with Gasteiger partial charge in [0.2, 0.25) is 12.6 Å². The molecule has 0 fully saturated rings. The van der Waals surface area contributed by atoms with E-state index in [-0.39, 0.29) is 0 Å². The van der Waals surface area contributed by atoms with Gasteiger partial charge in [-0.1, -0.05) is 24.3 Å².